The molecule has 0 unspecified atom stereocenters. The second-order valence-corrected chi connectivity index (χ2v) is 42.3. The Bertz CT molecular complexity index is 1050. The van der Waals surface area contributed by atoms with E-state index in [4.69, 9.17) is 0 Å². The molecule has 2 aromatic rings. The topological polar surface area (TPSA) is 0 Å². The fourth-order valence-corrected chi connectivity index (χ4v) is 30.0. The van der Waals surface area contributed by atoms with Gasteiger partial charge < -0.3 is 0 Å². The summed E-state index contributed by atoms with van der Waals surface area (Å²) < 4.78 is 1.29. The van der Waals surface area contributed by atoms with Crippen molar-refractivity contribution in [2.45, 2.75) is 167 Å². The average molecular weight is 816 g/mol. The molecule has 0 atom stereocenters. The second-order valence-electron chi connectivity index (χ2n) is 18.1. The van der Waals surface area contributed by atoms with Crippen molar-refractivity contribution in [3.8, 4) is 0 Å². The van der Waals surface area contributed by atoms with Gasteiger partial charge in [-0.15, -0.1) is 0 Å². The quantitative estimate of drug-likeness (QED) is 0.168. The van der Waals surface area contributed by atoms with E-state index in [0.29, 0.717) is 0 Å². The van der Waals surface area contributed by atoms with Crippen LogP contribution in [-0.2, 0) is 32.5 Å². The molecule has 0 bridgehead atoms. The van der Waals surface area contributed by atoms with Gasteiger partial charge in [-0.1, -0.05) is 0 Å². The van der Waals surface area contributed by atoms with Crippen LogP contribution >= 0.6 is 40.5 Å². The molecule has 0 spiro atoms. The third-order valence-corrected chi connectivity index (χ3v) is 38.9. The van der Waals surface area contributed by atoms with Gasteiger partial charge in [0.1, 0.15) is 0 Å². The molecule has 232 valence electrons. The first kappa shape index (κ1) is 37.9. The zero-order valence-corrected chi connectivity index (χ0v) is 36.9. The van der Waals surface area contributed by atoms with Crippen LogP contribution in [0.25, 0.3) is 0 Å². The van der Waals surface area contributed by atoms with Gasteiger partial charge in [0.2, 0.25) is 0 Å². The maximum atomic E-state index is 2.72. The third-order valence-electron chi connectivity index (χ3n) is 7.77. The van der Waals surface area contributed by atoms with Crippen molar-refractivity contribution in [2.75, 3.05) is 2.44 Å². The van der Waals surface area contributed by atoms with E-state index in [0.717, 1.165) is 0 Å². The number of benzene rings is 2. The molecule has 0 fully saturated rings. The van der Waals surface area contributed by atoms with Crippen molar-refractivity contribution < 1.29 is 0 Å². The Balaban J connectivity index is 2.86. The van der Waals surface area contributed by atoms with Crippen LogP contribution in [0.4, 0.5) is 0 Å². The van der Waals surface area contributed by atoms with Crippen LogP contribution in [0, 0.1) is 0 Å². The van der Waals surface area contributed by atoms with E-state index in [2.05, 4.69) is 189 Å². The molecule has 41 heavy (non-hydrogen) atoms. The molecule has 0 aliphatic rings. The van der Waals surface area contributed by atoms with E-state index in [9.17, 15) is 0 Å². The van der Waals surface area contributed by atoms with Crippen LogP contribution in [-0.4, -0.2) is 19.4 Å². The summed E-state index contributed by atoms with van der Waals surface area (Å²) in [5.41, 5.74) is 9.74. The fourth-order valence-electron chi connectivity index (χ4n) is 4.96. The molecule has 0 aliphatic heterocycles. The van der Waals surface area contributed by atoms with Gasteiger partial charge in [0, 0.05) is 0 Å². The number of hydrogen-bond acceptors (Lipinski definition) is 2. The first-order valence-corrected chi connectivity index (χ1v) is 29.1. The Labute approximate surface area is 282 Å². The van der Waals surface area contributed by atoms with Gasteiger partial charge in [-0.25, -0.2) is 0 Å². The van der Waals surface area contributed by atoms with Gasteiger partial charge >= 0.3 is 284 Å². The third kappa shape index (κ3) is 9.83. The predicted octanol–water partition coefficient (Wildman–Crippen LogP) is 12.6. The molecule has 0 nitrogen and oxygen atoms in total. The number of hydrogen-bond donors (Lipinski definition) is 0. The van der Waals surface area contributed by atoms with Crippen molar-refractivity contribution in [3.05, 3.63) is 57.6 Å². The van der Waals surface area contributed by atoms with Crippen molar-refractivity contribution in [3.63, 3.8) is 0 Å². The van der Waals surface area contributed by atoms with Crippen molar-refractivity contribution >= 4 is 57.5 Å². The molecule has 0 N–H and O–H groups in total. The Morgan fingerprint density at radius 3 is 0.805 bits per heavy atom. The number of alkyl halides is 1. The standard InChI is InChI=1S/2C18H30S.CH2I.Sn.H/c2*1-16(2,3)12-10-13(17(4,5)6)15(19)14(11-12)18(7,8)9;1-2;;/h2*10-11,19H,1-9H3;1H2;;/q;;;+2;/p-2. The maximum absolute atomic E-state index is 2.72. The molecule has 2 rings (SSSR count). The van der Waals surface area contributed by atoms with E-state index in [1.54, 1.807) is 32.0 Å². The molecular weight excluding hydrogens is 754 g/mol. The summed E-state index contributed by atoms with van der Waals surface area (Å²) in [6.07, 6.45) is 0. The summed E-state index contributed by atoms with van der Waals surface area (Å²) in [7, 11) is 4.65. The van der Waals surface area contributed by atoms with Gasteiger partial charge in [-0.2, -0.15) is 0 Å². The molecule has 2 aromatic carbocycles. The first-order chi connectivity index (χ1) is 18.1. The van der Waals surface area contributed by atoms with Gasteiger partial charge in [0.25, 0.3) is 0 Å². The Hall–Kier alpha value is 0.669. The van der Waals surface area contributed by atoms with Crippen molar-refractivity contribution in [1.29, 1.82) is 0 Å². The minimum absolute atomic E-state index is 0.0947. The van der Waals surface area contributed by atoms with E-state index in [1.165, 1.54) is 13.6 Å². The second kappa shape index (κ2) is 12.8. The van der Waals surface area contributed by atoms with E-state index >= 15 is 0 Å². The molecule has 0 heterocycles. The average Bonchev–Trinajstić information content (AvgIpc) is 2.73. The summed E-state index contributed by atoms with van der Waals surface area (Å²) >= 11 is 0.460. The molecular formula is C37H61IS2Sn. The first-order valence-electron chi connectivity index (χ1n) is 15.4. The molecule has 4 heteroatoms. The SMILES string of the molecule is CC(C)(C)c1cc(C(C)(C)C)c([S][SnH]([CH2]I)[S]c2c(C(C)(C)C)cc(C(C)(C)C)cc2C(C)(C)C)c(C(C)(C)C)c1. The minimum atomic E-state index is -2.26. The van der Waals surface area contributed by atoms with Crippen LogP contribution in [0.2, 0.25) is 0 Å². The molecule has 0 aliphatic carbocycles. The van der Waals surface area contributed by atoms with E-state index in [-0.39, 0.29) is 32.5 Å². The molecule has 0 radical (unpaired) electrons. The summed E-state index contributed by atoms with van der Waals surface area (Å²) in [6.45, 7) is 43.1. The Kier molecular flexibility index (Phi) is 11.8. The predicted molar refractivity (Wildman–Crippen MR) is 203 cm³/mol. The monoisotopic (exact) mass is 816 g/mol. The van der Waals surface area contributed by atoms with E-state index < -0.39 is 17.0 Å². The number of halogens is 1. The van der Waals surface area contributed by atoms with Crippen LogP contribution in [0.15, 0.2) is 34.1 Å². The summed E-state index contributed by atoms with van der Waals surface area (Å²) in [5.74, 6) is 0. The van der Waals surface area contributed by atoms with E-state index in [1.807, 2.05) is 0 Å². The molecule has 0 amide bonds. The summed E-state index contributed by atoms with van der Waals surface area (Å²) in [6, 6.07) is 10.2. The Morgan fingerprint density at radius 2 is 0.659 bits per heavy atom. The van der Waals surface area contributed by atoms with Gasteiger partial charge in [-0.05, 0) is 0 Å². The molecule has 0 aromatic heterocycles. The van der Waals surface area contributed by atoms with Crippen molar-refractivity contribution in [1.82, 2.24) is 0 Å². The van der Waals surface area contributed by atoms with Crippen LogP contribution in [0.5, 0.6) is 0 Å². The van der Waals surface area contributed by atoms with Gasteiger partial charge in [0.05, 0.1) is 0 Å². The molecule has 0 saturated heterocycles. The van der Waals surface area contributed by atoms with Crippen LogP contribution in [0.1, 0.15) is 158 Å². The number of rotatable bonds is 5. The Morgan fingerprint density at radius 1 is 0.439 bits per heavy atom. The van der Waals surface area contributed by atoms with Crippen molar-refractivity contribution in [2.24, 2.45) is 0 Å². The summed E-state index contributed by atoms with van der Waals surface area (Å²) in [4.78, 5) is 3.17. The normalized spacial score (nSPS) is 14.2. The zero-order valence-electron chi connectivity index (χ0n) is 29.8. The van der Waals surface area contributed by atoms with Gasteiger partial charge in [0.15, 0.2) is 0 Å². The van der Waals surface area contributed by atoms with Gasteiger partial charge in [-0.3, -0.25) is 0 Å². The fraction of sp³-hybridized carbons (Fsp3) is 0.676. The molecule has 0 saturated carbocycles. The van der Waals surface area contributed by atoms with Crippen LogP contribution < -0.4 is 0 Å². The van der Waals surface area contributed by atoms with Crippen LogP contribution in [0.3, 0.4) is 0 Å². The zero-order chi connectivity index (χ0) is 32.1. The summed E-state index contributed by atoms with van der Waals surface area (Å²) in [5, 5.41) is 0.